The molecule has 1 atom stereocenters. The van der Waals surface area contributed by atoms with E-state index in [1.54, 1.807) is 24.5 Å². The number of aromatic nitrogens is 5. The molecule has 0 bridgehead atoms. The fourth-order valence-corrected chi connectivity index (χ4v) is 3.94. The molecule has 4 aromatic rings. The van der Waals surface area contributed by atoms with Gasteiger partial charge in [0.15, 0.2) is 6.23 Å². The van der Waals surface area contributed by atoms with Crippen LogP contribution in [0, 0.1) is 0 Å². The van der Waals surface area contributed by atoms with Gasteiger partial charge in [0.2, 0.25) is 0 Å². The second-order valence-electron chi connectivity index (χ2n) is 6.88. The van der Waals surface area contributed by atoms with Crippen LogP contribution in [0.25, 0.3) is 22.2 Å². The van der Waals surface area contributed by atoms with Gasteiger partial charge in [-0.15, -0.1) is 0 Å². The fourth-order valence-electron chi connectivity index (χ4n) is 2.87. The van der Waals surface area contributed by atoms with Crippen LogP contribution in [0.2, 0.25) is 10.0 Å². The number of halogens is 2. The van der Waals surface area contributed by atoms with Crippen molar-refractivity contribution in [2.45, 2.75) is 6.23 Å². The van der Waals surface area contributed by atoms with Crippen molar-refractivity contribution in [3.8, 4) is 17.0 Å². The molecule has 0 saturated carbocycles. The molecular formula is C19H17Cl2N7O2S. The lowest BCUT2D eigenvalue weighted by molar-refractivity contribution is 0.214. The quantitative estimate of drug-likeness (QED) is 0.413. The van der Waals surface area contributed by atoms with Crippen molar-refractivity contribution < 1.29 is 8.95 Å². The summed E-state index contributed by atoms with van der Waals surface area (Å²) < 4.78 is 21.7. The van der Waals surface area contributed by atoms with Gasteiger partial charge in [-0.1, -0.05) is 23.2 Å². The van der Waals surface area contributed by atoms with Crippen LogP contribution >= 0.6 is 23.2 Å². The van der Waals surface area contributed by atoms with E-state index in [2.05, 4.69) is 29.5 Å². The third kappa shape index (κ3) is 4.77. The van der Waals surface area contributed by atoms with Crippen LogP contribution in [0.4, 0.5) is 5.95 Å². The minimum atomic E-state index is -2.35. The fraction of sp³-hybridized carbons (Fsp3) is 0.158. The van der Waals surface area contributed by atoms with Crippen LogP contribution in [-0.2, 0) is 9.73 Å². The molecule has 0 unspecified atom stereocenters. The number of pyridine rings is 1. The molecule has 3 heterocycles. The number of ether oxygens (including phenoxy) is 1. The highest BCUT2D eigenvalue weighted by Gasteiger charge is 2.17. The van der Waals surface area contributed by atoms with Gasteiger partial charge in [-0.2, -0.15) is 9.46 Å². The van der Waals surface area contributed by atoms with Gasteiger partial charge in [-0.05, 0) is 18.2 Å². The molecule has 0 spiro atoms. The number of H-pyrrole nitrogens is 1. The van der Waals surface area contributed by atoms with Crippen molar-refractivity contribution in [2.24, 2.45) is 10.1 Å². The molecular weight excluding hydrogens is 461 g/mol. The molecule has 0 aliphatic carbocycles. The van der Waals surface area contributed by atoms with Gasteiger partial charge in [0.25, 0.3) is 5.95 Å². The Morgan fingerprint density at radius 3 is 2.45 bits per heavy atom. The van der Waals surface area contributed by atoms with E-state index in [1.807, 2.05) is 6.07 Å². The lowest BCUT2D eigenvalue weighted by Gasteiger charge is -2.17. The van der Waals surface area contributed by atoms with E-state index in [1.165, 1.54) is 24.9 Å². The maximum atomic E-state index is 11.8. The smallest absolute Gasteiger partial charge is 0.257 e. The SMILES string of the molecule is CS(C)(=O)=Nc1ncc(-c2n[nH]c3ccc(O[C@H](N)c4c(Cl)cncc4Cl)cc23)cn1. The Balaban J connectivity index is 1.66. The Bertz CT molecular complexity index is 1350. The molecule has 0 amide bonds. The van der Waals surface area contributed by atoms with E-state index in [-0.39, 0.29) is 5.95 Å². The first-order valence-corrected chi connectivity index (χ1v) is 12.0. The van der Waals surface area contributed by atoms with Gasteiger partial charge in [-0.25, -0.2) is 14.2 Å². The van der Waals surface area contributed by atoms with E-state index in [9.17, 15) is 4.21 Å². The normalized spacial score (nSPS) is 12.7. The monoisotopic (exact) mass is 477 g/mol. The van der Waals surface area contributed by atoms with Gasteiger partial charge >= 0.3 is 0 Å². The number of nitrogens with one attached hydrogen (secondary N) is 1. The zero-order valence-electron chi connectivity index (χ0n) is 16.4. The summed E-state index contributed by atoms with van der Waals surface area (Å²) in [5.41, 5.74) is 8.68. The first kappa shape index (κ1) is 21.4. The van der Waals surface area contributed by atoms with Crippen LogP contribution in [0.5, 0.6) is 5.75 Å². The predicted octanol–water partition coefficient (Wildman–Crippen LogP) is 4.12. The van der Waals surface area contributed by atoms with Crippen LogP contribution in [0.15, 0.2) is 47.3 Å². The van der Waals surface area contributed by atoms with Crippen molar-refractivity contribution in [3.63, 3.8) is 0 Å². The standard InChI is InChI=1S/C19H17Cl2N7O2S/c1-31(2,29)28-19-24-6-10(7-25-19)17-12-5-11(3-4-15(12)26-27-17)30-18(22)16-13(20)8-23-9-14(16)21/h3-9,18H,22H2,1-2H3,(H,26,27)/t18-/m0/s1. The zero-order valence-corrected chi connectivity index (χ0v) is 18.7. The number of nitrogens with two attached hydrogens (primary N) is 1. The maximum absolute atomic E-state index is 11.8. The predicted molar refractivity (Wildman–Crippen MR) is 121 cm³/mol. The average molecular weight is 478 g/mol. The number of hydrogen-bond donors (Lipinski definition) is 2. The molecule has 4 rings (SSSR count). The van der Waals surface area contributed by atoms with E-state index in [0.29, 0.717) is 32.6 Å². The minimum absolute atomic E-state index is 0.152. The van der Waals surface area contributed by atoms with Gasteiger partial charge in [0, 0.05) is 63.5 Å². The number of hydrogen-bond acceptors (Lipinski definition) is 8. The Morgan fingerprint density at radius 1 is 1.13 bits per heavy atom. The summed E-state index contributed by atoms with van der Waals surface area (Å²) in [6.45, 7) is 0. The number of aromatic amines is 1. The number of nitrogens with zero attached hydrogens (tertiary/aromatic N) is 5. The molecule has 0 radical (unpaired) electrons. The van der Waals surface area contributed by atoms with Crippen molar-refractivity contribution in [1.82, 2.24) is 25.1 Å². The summed E-state index contributed by atoms with van der Waals surface area (Å²) in [7, 11) is -2.35. The molecule has 160 valence electrons. The van der Waals surface area contributed by atoms with E-state index in [0.717, 1.165) is 10.9 Å². The van der Waals surface area contributed by atoms with Crippen molar-refractivity contribution in [2.75, 3.05) is 12.5 Å². The van der Waals surface area contributed by atoms with Gasteiger partial charge < -0.3 is 4.74 Å². The molecule has 12 heteroatoms. The van der Waals surface area contributed by atoms with E-state index in [4.69, 9.17) is 33.7 Å². The van der Waals surface area contributed by atoms with Gasteiger partial charge in [0.05, 0.1) is 15.6 Å². The van der Waals surface area contributed by atoms with Crippen LogP contribution < -0.4 is 10.5 Å². The Hall–Kier alpha value is -2.79. The topological polar surface area (TPSA) is 132 Å². The molecule has 3 N–H and O–H groups in total. The van der Waals surface area contributed by atoms with E-state index < -0.39 is 16.0 Å². The summed E-state index contributed by atoms with van der Waals surface area (Å²) >= 11 is 12.3. The lowest BCUT2D eigenvalue weighted by atomic mass is 10.1. The number of rotatable bonds is 5. The van der Waals surface area contributed by atoms with Crippen LogP contribution in [0.3, 0.4) is 0 Å². The molecule has 9 nitrogen and oxygen atoms in total. The third-order valence-electron chi connectivity index (χ3n) is 4.19. The van der Waals surface area contributed by atoms with Gasteiger partial charge in [0.1, 0.15) is 11.4 Å². The largest absolute Gasteiger partial charge is 0.471 e. The van der Waals surface area contributed by atoms with Crippen LogP contribution in [0.1, 0.15) is 11.8 Å². The summed E-state index contributed by atoms with van der Waals surface area (Å²) in [6, 6.07) is 5.36. The lowest BCUT2D eigenvalue weighted by Crippen LogP contribution is -2.18. The van der Waals surface area contributed by atoms with Gasteiger partial charge in [-0.3, -0.25) is 15.8 Å². The minimum Gasteiger partial charge on any atom is -0.471 e. The highest BCUT2D eigenvalue weighted by molar-refractivity contribution is 7.92. The van der Waals surface area contributed by atoms with Crippen molar-refractivity contribution >= 4 is 49.8 Å². The second-order valence-corrected chi connectivity index (χ2v) is 10.2. The summed E-state index contributed by atoms with van der Waals surface area (Å²) in [4.78, 5) is 12.2. The average Bonchev–Trinajstić information content (AvgIpc) is 3.10. The molecule has 0 saturated heterocycles. The Kier molecular flexibility index (Phi) is 5.80. The number of fused-ring (bicyclic) bond motifs is 1. The van der Waals surface area contributed by atoms with E-state index >= 15 is 0 Å². The molecule has 0 fully saturated rings. The van der Waals surface area contributed by atoms with Crippen molar-refractivity contribution in [3.05, 3.63) is 58.6 Å². The zero-order chi connectivity index (χ0) is 22.2. The molecule has 31 heavy (non-hydrogen) atoms. The summed E-state index contributed by atoms with van der Waals surface area (Å²) in [6.07, 6.45) is 8.20. The van der Waals surface area contributed by atoms with Crippen molar-refractivity contribution in [1.29, 1.82) is 0 Å². The Morgan fingerprint density at radius 2 is 1.81 bits per heavy atom. The maximum Gasteiger partial charge on any atom is 0.257 e. The summed E-state index contributed by atoms with van der Waals surface area (Å²) in [5.74, 6) is 0.649. The molecule has 1 aromatic carbocycles. The molecule has 3 aromatic heterocycles. The molecule has 0 aliphatic heterocycles. The molecule has 0 aliphatic rings. The second kappa shape index (κ2) is 8.39. The highest BCUT2D eigenvalue weighted by atomic mass is 35.5. The number of benzene rings is 1. The Labute approximate surface area is 188 Å². The highest BCUT2D eigenvalue weighted by Crippen LogP contribution is 2.33. The first-order valence-electron chi connectivity index (χ1n) is 8.90. The third-order valence-corrected chi connectivity index (χ3v) is 5.39. The summed E-state index contributed by atoms with van der Waals surface area (Å²) in [5, 5.41) is 8.71. The van der Waals surface area contributed by atoms with Crippen LogP contribution in [-0.4, -0.2) is 41.9 Å². The first-order chi connectivity index (χ1) is 14.7.